The van der Waals surface area contributed by atoms with Gasteiger partial charge in [0.25, 0.3) is 5.91 Å². The first kappa shape index (κ1) is 23.6. The van der Waals surface area contributed by atoms with Gasteiger partial charge in [-0.15, -0.1) is 0 Å². The highest BCUT2D eigenvalue weighted by Crippen LogP contribution is 2.06. The van der Waals surface area contributed by atoms with Crippen molar-refractivity contribution in [2.45, 2.75) is 24.9 Å². The van der Waals surface area contributed by atoms with Gasteiger partial charge < -0.3 is 31.6 Å². The maximum absolute atomic E-state index is 12.9. The number of rotatable bonds is 11. The maximum Gasteiger partial charge on any atom is 0.275 e. The molecule has 0 aliphatic carbocycles. The van der Waals surface area contributed by atoms with Gasteiger partial charge in [0.1, 0.15) is 6.04 Å². The largest absolute Gasteiger partial charge is 0.548 e. The average molecular weight is 426 g/mol. The van der Waals surface area contributed by atoms with Gasteiger partial charge in [0, 0.05) is 6.42 Å². The van der Waals surface area contributed by atoms with Gasteiger partial charge in [-0.05, 0) is 17.5 Å². The number of carbonyl (C=O) groups is 4. The number of amides is 3. The molecule has 2 aromatic rings. The van der Waals surface area contributed by atoms with Crippen LogP contribution in [0.4, 0.5) is 0 Å². The molecular weight excluding hydrogens is 400 g/mol. The number of quaternary nitrogens is 1. The monoisotopic (exact) mass is 426 g/mol. The number of hydrogen-bond donors (Lipinski definition) is 4. The lowest BCUT2D eigenvalue weighted by atomic mass is 10.0. The van der Waals surface area contributed by atoms with E-state index in [1.807, 2.05) is 6.07 Å². The highest BCUT2D eigenvalue weighted by Gasteiger charge is 2.24. The van der Waals surface area contributed by atoms with Gasteiger partial charge >= 0.3 is 0 Å². The van der Waals surface area contributed by atoms with Crippen molar-refractivity contribution < 1.29 is 30.0 Å². The summed E-state index contributed by atoms with van der Waals surface area (Å²) in [5, 5.41) is 19.0. The van der Waals surface area contributed by atoms with E-state index >= 15 is 0 Å². The third-order valence-corrected chi connectivity index (χ3v) is 4.49. The molecular formula is C22H26N4O5. The molecule has 9 nitrogen and oxygen atoms in total. The van der Waals surface area contributed by atoms with Gasteiger partial charge in [-0.2, -0.15) is 0 Å². The zero-order chi connectivity index (χ0) is 22.6. The third-order valence-electron chi connectivity index (χ3n) is 4.49. The van der Waals surface area contributed by atoms with Crippen LogP contribution in [0.1, 0.15) is 11.1 Å². The first-order valence-corrected chi connectivity index (χ1v) is 9.83. The summed E-state index contributed by atoms with van der Waals surface area (Å²) in [7, 11) is 0. The first-order chi connectivity index (χ1) is 14.9. The smallest absolute Gasteiger partial charge is 0.275 e. The number of nitrogens with one attached hydrogen (secondary N) is 3. The molecule has 6 N–H and O–H groups in total. The molecule has 0 fully saturated rings. The average Bonchev–Trinajstić information content (AvgIpc) is 2.77. The first-order valence-electron chi connectivity index (χ1n) is 9.83. The summed E-state index contributed by atoms with van der Waals surface area (Å²) >= 11 is 0. The summed E-state index contributed by atoms with van der Waals surface area (Å²) in [4.78, 5) is 48.0. The van der Waals surface area contributed by atoms with E-state index in [0.29, 0.717) is 0 Å². The van der Waals surface area contributed by atoms with Crippen molar-refractivity contribution >= 4 is 23.7 Å². The molecule has 0 aliphatic rings. The fourth-order valence-electron chi connectivity index (χ4n) is 2.89. The molecule has 0 unspecified atom stereocenters. The number of aliphatic carboxylic acids is 1. The van der Waals surface area contributed by atoms with Crippen molar-refractivity contribution in [1.82, 2.24) is 16.0 Å². The number of carboxylic acids is 1. The van der Waals surface area contributed by atoms with Crippen LogP contribution in [0.25, 0.3) is 0 Å². The molecule has 0 radical (unpaired) electrons. The Kier molecular flexibility index (Phi) is 9.18. The van der Waals surface area contributed by atoms with Crippen LogP contribution in [0.15, 0.2) is 60.7 Å². The topological polar surface area (TPSA) is 155 Å². The van der Waals surface area contributed by atoms with E-state index < -0.39 is 35.8 Å². The van der Waals surface area contributed by atoms with E-state index in [0.717, 1.165) is 11.1 Å². The summed E-state index contributed by atoms with van der Waals surface area (Å²) in [6.45, 7) is -0.338. The second-order valence-corrected chi connectivity index (χ2v) is 6.91. The van der Waals surface area contributed by atoms with Gasteiger partial charge in [-0.1, -0.05) is 60.7 Å². The number of carboxylic acid groups (broad SMARTS) is 1. The quantitative estimate of drug-likeness (QED) is 0.314. The SMILES string of the molecule is [NH3+]CC(=O)NCC(=O)N[C@H](Cc1ccccc1)C(=O)N[C@@H](Cc1ccccc1)C(=O)[O-]. The Morgan fingerprint density at radius 2 is 1.29 bits per heavy atom. The van der Waals surface area contributed by atoms with Crippen LogP contribution >= 0.6 is 0 Å². The lowest BCUT2D eigenvalue weighted by Gasteiger charge is -2.24. The van der Waals surface area contributed by atoms with Crippen molar-refractivity contribution in [1.29, 1.82) is 0 Å². The Bertz CT molecular complexity index is 889. The molecule has 0 saturated heterocycles. The second-order valence-electron chi connectivity index (χ2n) is 6.91. The van der Waals surface area contributed by atoms with Crippen LogP contribution in [0.3, 0.4) is 0 Å². The Hall–Kier alpha value is -3.72. The van der Waals surface area contributed by atoms with Crippen LogP contribution in [-0.2, 0) is 32.0 Å². The Morgan fingerprint density at radius 1 is 0.774 bits per heavy atom. The summed E-state index contributed by atoms with van der Waals surface area (Å²) < 4.78 is 0. The molecule has 0 saturated carbocycles. The van der Waals surface area contributed by atoms with Gasteiger partial charge in [0.15, 0.2) is 6.54 Å². The van der Waals surface area contributed by atoms with Crippen molar-refractivity contribution in [3.05, 3.63) is 71.8 Å². The Balaban J connectivity index is 2.10. The van der Waals surface area contributed by atoms with Gasteiger partial charge in [0.05, 0.1) is 18.6 Å². The van der Waals surface area contributed by atoms with Crippen LogP contribution < -0.4 is 26.8 Å². The molecule has 31 heavy (non-hydrogen) atoms. The molecule has 3 amide bonds. The molecule has 0 spiro atoms. The van der Waals surface area contributed by atoms with E-state index in [2.05, 4.69) is 21.7 Å². The second kappa shape index (κ2) is 12.1. The summed E-state index contributed by atoms with van der Waals surface area (Å²) in [6.07, 6.45) is 0.188. The fraction of sp³-hybridized carbons (Fsp3) is 0.273. The molecule has 164 valence electrons. The Morgan fingerprint density at radius 3 is 1.77 bits per heavy atom. The molecule has 2 rings (SSSR count). The zero-order valence-electron chi connectivity index (χ0n) is 17.0. The highest BCUT2D eigenvalue weighted by molar-refractivity contribution is 5.92. The Labute approximate surface area is 180 Å². The summed E-state index contributed by atoms with van der Waals surface area (Å²) in [6, 6.07) is 15.5. The number of carbonyl (C=O) groups excluding carboxylic acids is 4. The molecule has 0 aliphatic heterocycles. The third kappa shape index (κ3) is 8.27. The predicted octanol–water partition coefficient (Wildman–Crippen LogP) is -2.45. The van der Waals surface area contributed by atoms with E-state index in [9.17, 15) is 24.3 Å². The normalized spacial score (nSPS) is 12.3. The molecule has 0 heterocycles. The van der Waals surface area contributed by atoms with E-state index in [1.54, 1.807) is 54.6 Å². The van der Waals surface area contributed by atoms with Crippen molar-refractivity contribution in [3.63, 3.8) is 0 Å². The number of benzene rings is 2. The minimum atomic E-state index is -1.43. The van der Waals surface area contributed by atoms with Crippen LogP contribution in [0.5, 0.6) is 0 Å². The molecule has 0 bridgehead atoms. The van der Waals surface area contributed by atoms with Gasteiger partial charge in [-0.25, -0.2) is 0 Å². The maximum atomic E-state index is 12.9. The lowest BCUT2D eigenvalue weighted by Crippen LogP contribution is -2.59. The highest BCUT2D eigenvalue weighted by atomic mass is 16.4. The standard InChI is InChI=1S/C22H26N4O5/c23-13-19(27)24-14-20(28)25-17(11-15-7-3-1-4-8-15)21(29)26-18(22(30)31)12-16-9-5-2-6-10-16/h1-10,17-18H,11-14,23H2,(H,24,27)(H,25,28)(H,26,29)(H,30,31)/t17-,18+/m1/s1. The molecule has 2 aromatic carbocycles. The summed E-state index contributed by atoms with van der Waals surface area (Å²) in [5.74, 6) is -3.07. The predicted molar refractivity (Wildman–Crippen MR) is 110 cm³/mol. The van der Waals surface area contributed by atoms with Crippen LogP contribution in [0.2, 0.25) is 0 Å². The van der Waals surface area contributed by atoms with Crippen molar-refractivity contribution in [3.8, 4) is 0 Å². The van der Waals surface area contributed by atoms with Crippen LogP contribution in [-0.4, -0.2) is 48.9 Å². The van der Waals surface area contributed by atoms with E-state index in [4.69, 9.17) is 0 Å². The van der Waals surface area contributed by atoms with Crippen molar-refractivity contribution in [2.24, 2.45) is 0 Å². The minimum Gasteiger partial charge on any atom is -0.548 e. The van der Waals surface area contributed by atoms with Gasteiger partial charge in [-0.3, -0.25) is 14.4 Å². The summed E-state index contributed by atoms with van der Waals surface area (Å²) in [5.41, 5.74) is 4.92. The molecule has 9 heteroatoms. The minimum absolute atomic E-state index is 0.0199. The fourth-order valence-corrected chi connectivity index (χ4v) is 2.89. The van der Waals surface area contributed by atoms with Crippen LogP contribution in [0, 0.1) is 0 Å². The zero-order valence-corrected chi connectivity index (χ0v) is 17.0. The van der Waals surface area contributed by atoms with E-state index in [1.165, 1.54) is 0 Å². The van der Waals surface area contributed by atoms with Gasteiger partial charge in [0.2, 0.25) is 11.8 Å². The molecule has 0 aromatic heterocycles. The van der Waals surface area contributed by atoms with E-state index in [-0.39, 0.29) is 25.9 Å². The lowest BCUT2D eigenvalue weighted by molar-refractivity contribution is -0.355. The molecule has 2 atom stereocenters. The van der Waals surface area contributed by atoms with Crippen molar-refractivity contribution in [2.75, 3.05) is 13.1 Å². The number of hydrogen-bond acceptors (Lipinski definition) is 5.